The molecule has 0 atom stereocenters. The lowest BCUT2D eigenvalue weighted by Crippen LogP contribution is -2.33. The first-order valence-corrected chi connectivity index (χ1v) is 7.74. The molecule has 22 heavy (non-hydrogen) atoms. The predicted molar refractivity (Wildman–Crippen MR) is 92.9 cm³/mol. The molecule has 0 aliphatic carbocycles. The molecule has 2 N–H and O–H groups in total. The maximum absolute atomic E-state index is 10.9. The average Bonchev–Trinajstić information content (AvgIpc) is 2.56. The summed E-state index contributed by atoms with van der Waals surface area (Å²) in [6.07, 6.45) is 3.21. The van der Waals surface area contributed by atoms with Gasteiger partial charge in [0.1, 0.15) is 0 Å². The minimum atomic E-state index is -0.157. The van der Waals surface area contributed by atoms with Gasteiger partial charge in [-0.3, -0.25) is 10.2 Å². The first-order chi connectivity index (χ1) is 10.6. The number of hydrogen-bond donors (Lipinski definition) is 2. The zero-order valence-electron chi connectivity index (χ0n) is 13.1. The fourth-order valence-corrected chi connectivity index (χ4v) is 1.94. The molecule has 0 radical (unpaired) electrons. The van der Waals surface area contributed by atoms with Crippen molar-refractivity contribution < 1.29 is 9.53 Å². The van der Waals surface area contributed by atoms with Crippen molar-refractivity contribution in [3.05, 3.63) is 35.9 Å². The third kappa shape index (κ3) is 7.73. The maximum atomic E-state index is 10.9. The summed E-state index contributed by atoms with van der Waals surface area (Å²) in [5.41, 5.74) is 4.77. The molecule has 0 amide bonds. The first kappa shape index (κ1) is 18.1. The van der Waals surface area contributed by atoms with Crippen molar-refractivity contribution in [3.8, 4) is 0 Å². The van der Waals surface area contributed by atoms with Gasteiger partial charge in [0.25, 0.3) is 0 Å². The monoisotopic (exact) mass is 321 g/mol. The second-order valence-corrected chi connectivity index (χ2v) is 5.23. The molecule has 0 fully saturated rings. The van der Waals surface area contributed by atoms with E-state index in [1.54, 1.807) is 0 Å². The number of carbonyl (C=O) groups is 1. The van der Waals surface area contributed by atoms with Crippen LogP contribution < -0.4 is 10.7 Å². The second kappa shape index (κ2) is 10.7. The highest BCUT2D eigenvalue weighted by molar-refractivity contribution is 7.80. The van der Waals surface area contributed by atoms with E-state index in [4.69, 9.17) is 12.2 Å². The summed E-state index contributed by atoms with van der Waals surface area (Å²) in [5, 5.41) is 7.84. The van der Waals surface area contributed by atoms with E-state index in [2.05, 4.69) is 20.6 Å². The molecule has 0 bridgehead atoms. The molecule has 6 heteroatoms. The van der Waals surface area contributed by atoms with E-state index >= 15 is 0 Å². The Morgan fingerprint density at radius 2 is 1.95 bits per heavy atom. The Morgan fingerprint density at radius 3 is 2.64 bits per heavy atom. The van der Waals surface area contributed by atoms with Gasteiger partial charge in [0.2, 0.25) is 0 Å². The van der Waals surface area contributed by atoms with Crippen molar-refractivity contribution in [1.82, 2.24) is 10.7 Å². The lowest BCUT2D eigenvalue weighted by Gasteiger charge is -2.08. The van der Waals surface area contributed by atoms with Crippen LogP contribution in [0, 0.1) is 0 Å². The van der Waals surface area contributed by atoms with Crippen LogP contribution in [0.25, 0.3) is 0 Å². The molecule has 0 saturated carbocycles. The smallest absolute Gasteiger partial charge is 0.305 e. The number of nitrogens with zero attached hydrogens (tertiary/aromatic N) is 1. The molecule has 0 aliphatic heterocycles. The van der Waals surface area contributed by atoms with E-state index in [1.807, 2.05) is 37.3 Å². The second-order valence-electron chi connectivity index (χ2n) is 4.82. The van der Waals surface area contributed by atoms with E-state index in [1.165, 1.54) is 7.11 Å². The van der Waals surface area contributed by atoms with E-state index in [0.717, 1.165) is 37.1 Å². The first-order valence-electron chi connectivity index (χ1n) is 7.34. The number of methoxy groups -OCH3 is 1. The number of benzene rings is 1. The van der Waals surface area contributed by atoms with Gasteiger partial charge in [0, 0.05) is 13.0 Å². The minimum absolute atomic E-state index is 0.157. The molecule has 0 unspecified atom stereocenters. The fraction of sp³-hybridized carbons (Fsp3) is 0.438. The summed E-state index contributed by atoms with van der Waals surface area (Å²) >= 11 is 5.16. The predicted octanol–water partition coefficient (Wildman–Crippen LogP) is 2.61. The van der Waals surface area contributed by atoms with Crippen LogP contribution >= 0.6 is 12.2 Å². The standard InChI is InChI=1S/C16H23N3O2S/c1-13(14-9-5-3-6-10-14)18-19-16(22)17-12-8-4-7-11-15(20)21-2/h3,5-6,9-10H,4,7-8,11-12H2,1-2H3,(H2,17,19,22)/b18-13-. The highest BCUT2D eigenvalue weighted by Gasteiger charge is 2.00. The zero-order chi connectivity index (χ0) is 16.2. The summed E-state index contributed by atoms with van der Waals surface area (Å²) in [6, 6.07) is 9.91. The zero-order valence-corrected chi connectivity index (χ0v) is 13.9. The molecule has 0 aromatic heterocycles. The molecule has 5 nitrogen and oxygen atoms in total. The number of unbranched alkanes of at least 4 members (excludes halogenated alkanes) is 2. The van der Waals surface area contributed by atoms with Crippen LogP contribution in [0.1, 0.15) is 38.2 Å². The van der Waals surface area contributed by atoms with Crippen molar-refractivity contribution >= 4 is 29.0 Å². The van der Waals surface area contributed by atoms with Gasteiger partial charge in [0.05, 0.1) is 12.8 Å². The van der Waals surface area contributed by atoms with Crippen LogP contribution in [0.2, 0.25) is 0 Å². The number of nitrogens with one attached hydrogen (secondary N) is 2. The number of hydrogen-bond acceptors (Lipinski definition) is 4. The van der Waals surface area contributed by atoms with E-state index < -0.39 is 0 Å². The van der Waals surface area contributed by atoms with Crippen LogP contribution in [0.15, 0.2) is 35.4 Å². The molecule has 1 aromatic carbocycles. The summed E-state index contributed by atoms with van der Waals surface area (Å²) in [6.45, 7) is 2.69. The van der Waals surface area contributed by atoms with Crippen molar-refractivity contribution in [2.75, 3.05) is 13.7 Å². The largest absolute Gasteiger partial charge is 0.469 e. The number of carbonyl (C=O) groups excluding carboxylic acids is 1. The third-order valence-corrected chi connectivity index (χ3v) is 3.32. The highest BCUT2D eigenvalue weighted by atomic mass is 32.1. The van der Waals surface area contributed by atoms with Crippen molar-refractivity contribution in [2.24, 2.45) is 5.10 Å². The SMILES string of the molecule is COC(=O)CCCCCNC(=S)N/N=C(/C)c1ccccc1. The quantitative estimate of drug-likeness (QED) is 0.253. The Labute approximate surface area is 137 Å². The molecule has 0 saturated heterocycles. The third-order valence-electron chi connectivity index (χ3n) is 3.09. The van der Waals surface area contributed by atoms with Crippen LogP contribution in [0.3, 0.4) is 0 Å². The van der Waals surface area contributed by atoms with Crippen LogP contribution in [-0.4, -0.2) is 30.4 Å². The van der Waals surface area contributed by atoms with E-state index in [9.17, 15) is 4.79 Å². The van der Waals surface area contributed by atoms with Gasteiger partial charge < -0.3 is 10.1 Å². The van der Waals surface area contributed by atoms with E-state index in [-0.39, 0.29) is 5.97 Å². The van der Waals surface area contributed by atoms with Gasteiger partial charge in [-0.1, -0.05) is 36.8 Å². The Bertz CT molecular complexity index is 503. The minimum Gasteiger partial charge on any atom is -0.469 e. The Morgan fingerprint density at radius 1 is 1.23 bits per heavy atom. The lowest BCUT2D eigenvalue weighted by molar-refractivity contribution is -0.140. The number of esters is 1. The molecule has 0 aliphatic rings. The van der Waals surface area contributed by atoms with E-state index in [0.29, 0.717) is 11.5 Å². The Kier molecular flexibility index (Phi) is 8.83. The van der Waals surface area contributed by atoms with Gasteiger partial charge in [-0.05, 0) is 37.5 Å². The van der Waals surface area contributed by atoms with Crippen molar-refractivity contribution in [3.63, 3.8) is 0 Å². The average molecular weight is 321 g/mol. The molecular weight excluding hydrogens is 298 g/mol. The van der Waals surface area contributed by atoms with Gasteiger partial charge in [-0.15, -0.1) is 0 Å². The Balaban J connectivity index is 2.15. The van der Waals surface area contributed by atoms with Crippen molar-refractivity contribution in [1.29, 1.82) is 0 Å². The van der Waals surface area contributed by atoms with Crippen LogP contribution in [-0.2, 0) is 9.53 Å². The lowest BCUT2D eigenvalue weighted by atomic mass is 10.1. The van der Waals surface area contributed by atoms with Gasteiger partial charge >= 0.3 is 5.97 Å². The number of rotatable bonds is 8. The summed E-state index contributed by atoms with van der Waals surface area (Å²) < 4.78 is 4.59. The highest BCUT2D eigenvalue weighted by Crippen LogP contribution is 2.01. The van der Waals surface area contributed by atoms with Gasteiger partial charge in [-0.2, -0.15) is 5.10 Å². The topological polar surface area (TPSA) is 62.7 Å². The van der Waals surface area contributed by atoms with Crippen molar-refractivity contribution in [2.45, 2.75) is 32.6 Å². The number of thiocarbonyl (C=S) groups is 1. The molecule has 1 rings (SSSR count). The fourth-order valence-electron chi connectivity index (χ4n) is 1.79. The summed E-state index contributed by atoms with van der Waals surface area (Å²) in [5.74, 6) is -0.157. The Hall–Kier alpha value is -1.95. The normalized spacial score (nSPS) is 10.9. The number of hydrazone groups is 1. The molecule has 1 aromatic rings. The van der Waals surface area contributed by atoms with Crippen LogP contribution in [0.4, 0.5) is 0 Å². The number of ether oxygens (including phenoxy) is 1. The van der Waals surface area contributed by atoms with Gasteiger partial charge in [0.15, 0.2) is 5.11 Å². The maximum Gasteiger partial charge on any atom is 0.305 e. The van der Waals surface area contributed by atoms with Gasteiger partial charge in [-0.25, -0.2) is 0 Å². The summed E-state index contributed by atoms with van der Waals surface area (Å²) in [4.78, 5) is 10.9. The molecule has 0 spiro atoms. The molecular formula is C16H23N3O2S. The molecule has 120 valence electrons. The molecule has 0 heterocycles. The summed E-state index contributed by atoms with van der Waals surface area (Å²) in [7, 11) is 1.41. The van der Waals surface area contributed by atoms with Crippen LogP contribution in [0.5, 0.6) is 0 Å².